The van der Waals surface area contributed by atoms with E-state index in [9.17, 15) is 14.4 Å². The van der Waals surface area contributed by atoms with E-state index in [2.05, 4.69) is 39.6 Å². The van der Waals surface area contributed by atoms with Crippen LogP contribution in [-0.2, 0) is 9.59 Å². The molecule has 4 atom stereocenters. The molecule has 0 radical (unpaired) electrons. The third-order valence-corrected chi connectivity index (χ3v) is 7.02. The maximum absolute atomic E-state index is 12.3. The van der Waals surface area contributed by atoms with E-state index < -0.39 is 17.9 Å². The summed E-state index contributed by atoms with van der Waals surface area (Å²) in [7, 11) is 0. The van der Waals surface area contributed by atoms with Crippen molar-refractivity contribution >= 4 is 23.4 Å². The Balaban J connectivity index is 1.23. The molecule has 2 saturated carbocycles. The summed E-state index contributed by atoms with van der Waals surface area (Å²) in [6.45, 7) is 0.169. The molecule has 2 bridgehead atoms. The number of benzene rings is 2. The summed E-state index contributed by atoms with van der Waals surface area (Å²) in [6.07, 6.45) is 5.13. The van der Waals surface area contributed by atoms with Gasteiger partial charge in [-0.15, -0.1) is 0 Å². The molecule has 0 spiro atoms. The lowest BCUT2D eigenvalue weighted by Gasteiger charge is -2.22. The number of hydrogen-bond acceptors (Lipinski definition) is 6. The van der Waals surface area contributed by atoms with Crippen LogP contribution < -0.4 is 27.2 Å². The molecule has 2 aromatic carbocycles. The van der Waals surface area contributed by atoms with Crippen molar-refractivity contribution in [3.05, 3.63) is 65.2 Å². The van der Waals surface area contributed by atoms with E-state index in [1.165, 1.54) is 31.2 Å². The van der Waals surface area contributed by atoms with Gasteiger partial charge in [-0.1, -0.05) is 18.3 Å². The second-order valence-electron chi connectivity index (χ2n) is 9.60. The second kappa shape index (κ2) is 12.9. The van der Waals surface area contributed by atoms with Gasteiger partial charge >= 0.3 is 0 Å². The number of fused-ring (bicyclic) bond motifs is 2. The summed E-state index contributed by atoms with van der Waals surface area (Å²) in [5, 5.41) is 17.5. The molecule has 38 heavy (non-hydrogen) atoms. The first kappa shape index (κ1) is 26.9. The average molecular weight is 514 g/mol. The van der Waals surface area contributed by atoms with Crippen molar-refractivity contribution < 1.29 is 19.6 Å². The van der Waals surface area contributed by atoms with E-state index >= 15 is 0 Å². The maximum Gasteiger partial charge on any atom is 0.267 e. The molecular weight excluding hydrogens is 482 g/mol. The first-order chi connectivity index (χ1) is 18.4. The average Bonchev–Trinajstić information content (AvgIpc) is 3.57. The molecule has 196 valence electrons. The fourth-order valence-corrected chi connectivity index (χ4v) is 5.02. The number of hydrogen-bond donors (Lipinski definition) is 6. The summed E-state index contributed by atoms with van der Waals surface area (Å²) in [5.41, 5.74) is 9.38. The van der Waals surface area contributed by atoms with E-state index in [0.29, 0.717) is 23.7 Å². The van der Waals surface area contributed by atoms with Gasteiger partial charge in [-0.05, 0) is 91.5 Å². The smallest absolute Gasteiger partial charge is 0.267 e. The lowest BCUT2D eigenvalue weighted by atomic mass is 9.95. The highest BCUT2D eigenvalue weighted by Crippen LogP contribution is 2.44. The first-order valence-electron chi connectivity index (χ1n) is 12.7. The molecule has 4 rings (SSSR count). The van der Waals surface area contributed by atoms with Crippen molar-refractivity contribution in [2.24, 2.45) is 17.6 Å². The molecule has 2 aliphatic carbocycles. The van der Waals surface area contributed by atoms with Crippen LogP contribution in [0.2, 0.25) is 0 Å². The molecule has 0 aliphatic heterocycles. The molecule has 3 amide bonds. The van der Waals surface area contributed by atoms with Gasteiger partial charge in [0.15, 0.2) is 0 Å². The van der Waals surface area contributed by atoms with Crippen molar-refractivity contribution in [1.29, 1.82) is 0 Å². The molecule has 7 N–H and O–H groups in total. The fraction of sp³-hybridized carbons (Fsp3) is 0.345. The van der Waals surface area contributed by atoms with Crippen LogP contribution in [0, 0.1) is 35.5 Å². The Bertz CT molecular complexity index is 1280. The summed E-state index contributed by atoms with van der Waals surface area (Å²) >= 11 is 0. The van der Waals surface area contributed by atoms with Crippen LogP contribution in [-0.4, -0.2) is 48.1 Å². The summed E-state index contributed by atoms with van der Waals surface area (Å²) in [5.74, 6) is 11.7. The molecule has 2 aliphatic rings. The summed E-state index contributed by atoms with van der Waals surface area (Å²) < 4.78 is 0. The predicted molar refractivity (Wildman–Crippen MR) is 143 cm³/mol. The number of amides is 3. The maximum atomic E-state index is 12.3. The van der Waals surface area contributed by atoms with Crippen molar-refractivity contribution in [1.82, 2.24) is 16.1 Å². The van der Waals surface area contributed by atoms with Crippen molar-refractivity contribution in [3.63, 3.8) is 0 Å². The topological polar surface area (TPSA) is 146 Å². The van der Waals surface area contributed by atoms with Gasteiger partial charge in [0.1, 0.15) is 6.04 Å². The van der Waals surface area contributed by atoms with Crippen molar-refractivity contribution in [2.75, 3.05) is 18.4 Å². The Morgan fingerprint density at radius 2 is 1.61 bits per heavy atom. The Labute approximate surface area is 221 Å². The largest absolute Gasteiger partial charge is 0.339 e. The zero-order valence-electron chi connectivity index (χ0n) is 20.9. The van der Waals surface area contributed by atoms with E-state index in [4.69, 9.17) is 10.9 Å². The molecule has 2 fully saturated rings. The van der Waals surface area contributed by atoms with E-state index in [-0.39, 0.29) is 12.5 Å². The molecule has 0 heterocycles. The first-order valence-corrected chi connectivity index (χ1v) is 12.7. The minimum absolute atomic E-state index is 0.0455. The van der Waals surface area contributed by atoms with Crippen LogP contribution in [0.25, 0.3) is 0 Å². The lowest BCUT2D eigenvalue weighted by Crippen LogP contribution is -2.50. The van der Waals surface area contributed by atoms with Gasteiger partial charge in [0.05, 0.1) is 6.54 Å². The number of nitrogens with one attached hydrogen (secondary N) is 4. The number of rotatable bonds is 8. The molecule has 0 aromatic heterocycles. The molecule has 9 nitrogen and oxygen atoms in total. The van der Waals surface area contributed by atoms with Gasteiger partial charge in [-0.3, -0.25) is 19.6 Å². The van der Waals surface area contributed by atoms with Crippen LogP contribution in [0.3, 0.4) is 0 Å². The number of carbonyl (C=O) groups is 3. The number of nitrogens with two attached hydrogens (primary N) is 1. The minimum Gasteiger partial charge on any atom is -0.339 e. The third-order valence-electron chi connectivity index (χ3n) is 7.02. The summed E-state index contributed by atoms with van der Waals surface area (Å²) in [4.78, 5) is 36.0. The van der Waals surface area contributed by atoms with Gasteiger partial charge in [0.2, 0.25) is 5.91 Å². The van der Waals surface area contributed by atoms with Crippen LogP contribution in [0.15, 0.2) is 48.5 Å². The van der Waals surface area contributed by atoms with Crippen LogP contribution in [0.1, 0.15) is 47.2 Å². The highest BCUT2D eigenvalue weighted by molar-refractivity contribution is 5.97. The van der Waals surface area contributed by atoms with Crippen LogP contribution in [0.5, 0.6) is 0 Å². The number of anilines is 1. The quantitative estimate of drug-likeness (QED) is 0.179. The van der Waals surface area contributed by atoms with Crippen LogP contribution in [0.4, 0.5) is 5.69 Å². The standard InChI is InChI=1S/C29H31N5O4/c30-17-26(29(37)34-38)33-28(36)22-10-5-19(6-11-22)3-1-2-4-20-8-13-24(14-9-20)32-27(35)18-31-25-16-21-7-12-23(25)15-21/h5-6,8-11,13-14,21,23,25-26,31,38H,7,12,15-18,30H2,(H,32,35)(H,33,36)(H,34,37). The predicted octanol–water partition coefficient (Wildman–Crippen LogP) is 1.37. The highest BCUT2D eigenvalue weighted by Gasteiger charge is 2.39. The highest BCUT2D eigenvalue weighted by atomic mass is 16.5. The Kier molecular flexibility index (Phi) is 9.12. The number of carbonyl (C=O) groups excluding carboxylic acids is 3. The third kappa shape index (κ3) is 7.21. The van der Waals surface area contributed by atoms with Crippen molar-refractivity contribution in [2.45, 2.75) is 37.8 Å². The summed E-state index contributed by atoms with van der Waals surface area (Å²) in [6, 6.07) is 13.2. The molecule has 9 heteroatoms. The van der Waals surface area contributed by atoms with Gasteiger partial charge in [0, 0.05) is 35.0 Å². The van der Waals surface area contributed by atoms with E-state index in [1.54, 1.807) is 24.3 Å². The van der Waals surface area contributed by atoms with Gasteiger partial charge in [0.25, 0.3) is 11.8 Å². The zero-order valence-corrected chi connectivity index (χ0v) is 20.9. The Morgan fingerprint density at radius 1 is 0.947 bits per heavy atom. The molecule has 0 saturated heterocycles. The molecule has 2 aromatic rings. The van der Waals surface area contributed by atoms with E-state index in [1.807, 2.05) is 24.3 Å². The zero-order chi connectivity index (χ0) is 26.9. The SMILES string of the molecule is NCC(NC(=O)c1ccc(C#CC#Cc2ccc(NC(=O)CNC3CC4CCC3C4)cc2)cc1)C(=O)NO. The monoisotopic (exact) mass is 513 g/mol. The Hall–Kier alpha value is -4.15. The number of hydroxylamine groups is 1. The molecule has 4 unspecified atom stereocenters. The van der Waals surface area contributed by atoms with Gasteiger partial charge in [-0.25, -0.2) is 5.48 Å². The fourth-order valence-electron chi connectivity index (χ4n) is 5.02. The molecular formula is C29H31N5O4. The lowest BCUT2D eigenvalue weighted by molar-refractivity contribution is -0.130. The van der Waals surface area contributed by atoms with Crippen molar-refractivity contribution in [3.8, 4) is 23.7 Å². The Morgan fingerprint density at radius 3 is 2.16 bits per heavy atom. The van der Waals surface area contributed by atoms with E-state index in [0.717, 1.165) is 23.1 Å². The van der Waals surface area contributed by atoms with Gasteiger partial charge in [-0.2, -0.15) is 0 Å². The minimum atomic E-state index is -1.04. The normalized spacial score (nSPS) is 19.8. The van der Waals surface area contributed by atoms with Gasteiger partial charge < -0.3 is 21.7 Å². The second-order valence-corrected chi connectivity index (χ2v) is 9.60. The van der Waals surface area contributed by atoms with Crippen LogP contribution >= 0.6 is 0 Å².